The van der Waals surface area contributed by atoms with Crippen LogP contribution in [-0.4, -0.2) is 17.8 Å². The molecular formula is C16H23BrO2. The van der Waals surface area contributed by atoms with Crippen LogP contribution in [0.15, 0.2) is 22.7 Å². The Kier molecular flexibility index (Phi) is 4.57. The fourth-order valence-corrected chi connectivity index (χ4v) is 4.03. The standard InChI is InChI=1S/C16H23BrO2/c1-11-6-12(2)9-16(18,8-11)10-13-7-14(17)4-5-15(13)19-3/h4-5,7,11-12,18H,6,8-10H2,1-3H3. The minimum absolute atomic E-state index is 0.590. The molecule has 2 nitrogen and oxygen atoms in total. The van der Waals surface area contributed by atoms with Gasteiger partial charge in [0.15, 0.2) is 0 Å². The summed E-state index contributed by atoms with van der Waals surface area (Å²) in [5, 5.41) is 10.9. The number of aliphatic hydroxyl groups is 1. The van der Waals surface area contributed by atoms with Gasteiger partial charge in [0.2, 0.25) is 0 Å². The minimum atomic E-state index is -0.592. The molecule has 0 radical (unpaired) electrons. The first-order valence-electron chi connectivity index (χ1n) is 6.96. The highest BCUT2D eigenvalue weighted by molar-refractivity contribution is 9.10. The van der Waals surface area contributed by atoms with Crippen LogP contribution in [-0.2, 0) is 6.42 Å². The highest BCUT2D eigenvalue weighted by Crippen LogP contribution is 2.39. The van der Waals surface area contributed by atoms with Crippen LogP contribution >= 0.6 is 15.9 Å². The Balaban J connectivity index is 2.21. The van der Waals surface area contributed by atoms with Crippen molar-refractivity contribution in [2.75, 3.05) is 7.11 Å². The van der Waals surface area contributed by atoms with Gasteiger partial charge >= 0.3 is 0 Å². The fraction of sp³-hybridized carbons (Fsp3) is 0.625. The average molecular weight is 327 g/mol. The fourth-order valence-electron chi connectivity index (χ4n) is 3.62. The monoisotopic (exact) mass is 326 g/mol. The van der Waals surface area contributed by atoms with E-state index in [1.807, 2.05) is 12.1 Å². The summed E-state index contributed by atoms with van der Waals surface area (Å²) in [6.45, 7) is 4.47. The lowest BCUT2D eigenvalue weighted by atomic mass is 9.71. The third kappa shape index (κ3) is 3.73. The van der Waals surface area contributed by atoms with Gasteiger partial charge in [-0.3, -0.25) is 0 Å². The molecule has 0 bridgehead atoms. The van der Waals surface area contributed by atoms with Gasteiger partial charge in [-0.15, -0.1) is 0 Å². The number of methoxy groups -OCH3 is 1. The van der Waals surface area contributed by atoms with Crippen molar-refractivity contribution in [2.24, 2.45) is 11.8 Å². The predicted molar refractivity (Wildman–Crippen MR) is 81.5 cm³/mol. The molecule has 2 unspecified atom stereocenters. The molecule has 2 rings (SSSR count). The molecule has 1 aliphatic rings. The molecule has 1 N–H and O–H groups in total. The Morgan fingerprint density at radius 1 is 1.32 bits per heavy atom. The smallest absolute Gasteiger partial charge is 0.122 e. The summed E-state index contributed by atoms with van der Waals surface area (Å²) in [6, 6.07) is 5.98. The Labute approximate surface area is 124 Å². The second-order valence-electron chi connectivity index (χ2n) is 6.21. The minimum Gasteiger partial charge on any atom is -0.496 e. The zero-order chi connectivity index (χ0) is 14.0. The molecule has 2 atom stereocenters. The van der Waals surface area contributed by atoms with E-state index in [1.165, 1.54) is 6.42 Å². The molecule has 1 aromatic rings. The Hall–Kier alpha value is -0.540. The molecule has 1 aliphatic carbocycles. The Bertz CT molecular complexity index is 434. The van der Waals surface area contributed by atoms with Gasteiger partial charge in [-0.1, -0.05) is 29.8 Å². The van der Waals surface area contributed by atoms with Crippen molar-refractivity contribution in [3.05, 3.63) is 28.2 Å². The summed E-state index contributed by atoms with van der Waals surface area (Å²) in [6.07, 6.45) is 3.65. The van der Waals surface area contributed by atoms with E-state index in [4.69, 9.17) is 4.74 Å². The lowest BCUT2D eigenvalue weighted by Crippen LogP contribution is -2.39. The van der Waals surface area contributed by atoms with Gasteiger partial charge < -0.3 is 9.84 Å². The van der Waals surface area contributed by atoms with Crippen molar-refractivity contribution in [1.82, 2.24) is 0 Å². The molecule has 0 heterocycles. The summed E-state index contributed by atoms with van der Waals surface area (Å²) in [4.78, 5) is 0. The molecule has 1 fully saturated rings. The number of halogens is 1. The molecule has 0 spiro atoms. The van der Waals surface area contributed by atoms with E-state index in [-0.39, 0.29) is 0 Å². The molecule has 0 aromatic heterocycles. The summed E-state index contributed by atoms with van der Waals surface area (Å²) in [5.41, 5.74) is 0.492. The van der Waals surface area contributed by atoms with Gasteiger partial charge in [-0.25, -0.2) is 0 Å². The van der Waals surface area contributed by atoms with Crippen LogP contribution in [0, 0.1) is 11.8 Å². The quantitative estimate of drug-likeness (QED) is 0.902. The van der Waals surface area contributed by atoms with Crippen molar-refractivity contribution in [2.45, 2.75) is 45.1 Å². The zero-order valence-corrected chi connectivity index (χ0v) is 13.5. The first-order chi connectivity index (χ1) is 8.92. The highest BCUT2D eigenvalue weighted by atomic mass is 79.9. The van der Waals surface area contributed by atoms with Crippen LogP contribution in [0.2, 0.25) is 0 Å². The van der Waals surface area contributed by atoms with E-state index < -0.39 is 5.60 Å². The van der Waals surface area contributed by atoms with Crippen molar-refractivity contribution in [3.63, 3.8) is 0 Å². The van der Waals surface area contributed by atoms with Crippen molar-refractivity contribution < 1.29 is 9.84 Å². The van der Waals surface area contributed by atoms with Crippen LogP contribution in [0.3, 0.4) is 0 Å². The number of rotatable bonds is 3. The van der Waals surface area contributed by atoms with Gasteiger partial charge in [0, 0.05) is 10.9 Å². The second kappa shape index (κ2) is 5.84. The first kappa shape index (κ1) is 14.9. The van der Waals surface area contributed by atoms with Crippen molar-refractivity contribution >= 4 is 15.9 Å². The van der Waals surface area contributed by atoms with E-state index in [0.717, 1.165) is 28.6 Å². The lowest BCUT2D eigenvalue weighted by Gasteiger charge is -2.39. The maximum atomic E-state index is 10.9. The van der Waals surface area contributed by atoms with E-state index in [9.17, 15) is 5.11 Å². The number of benzene rings is 1. The van der Waals surface area contributed by atoms with Crippen LogP contribution in [0.1, 0.15) is 38.7 Å². The predicted octanol–water partition coefficient (Wildman–Crippen LogP) is 4.19. The normalized spacial score (nSPS) is 31.2. The summed E-state index contributed by atoms with van der Waals surface area (Å²) in [7, 11) is 1.68. The Morgan fingerprint density at radius 2 is 1.95 bits per heavy atom. The van der Waals surface area contributed by atoms with Crippen LogP contribution in [0.5, 0.6) is 5.75 Å². The van der Waals surface area contributed by atoms with Gasteiger partial charge in [0.25, 0.3) is 0 Å². The highest BCUT2D eigenvalue weighted by Gasteiger charge is 2.36. The summed E-state index contributed by atoms with van der Waals surface area (Å²) >= 11 is 3.49. The van der Waals surface area contributed by atoms with Crippen molar-refractivity contribution in [1.29, 1.82) is 0 Å². The van der Waals surface area contributed by atoms with Crippen LogP contribution < -0.4 is 4.74 Å². The molecule has 0 saturated heterocycles. The number of hydrogen-bond donors (Lipinski definition) is 1. The molecule has 1 aromatic carbocycles. The maximum Gasteiger partial charge on any atom is 0.122 e. The molecule has 3 heteroatoms. The van der Waals surface area contributed by atoms with E-state index in [1.54, 1.807) is 7.11 Å². The summed E-state index contributed by atoms with van der Waals surface area (Å²) < 4.78 is 6.44. The van der Waals surface area contributed by atoms with E-state index in [0.29, 0.717) is 18.3 Å². The largest absolute Gasteiger partial charge is 0.496 e. The van der Waals surface area contributed by atoms with Gasteiger partial charge in [0.05, 0.1) is 12.7 Å². The van der Waals surface area contributed by atoms with Gasteiger partial charge in [-0.2, -0.15) is 0 Å². The van der Waals surface area contributed by atoms with Crippen LogP contribution in [0.25, 0.3) is 0 Å². The molecular weight excluding hydrogens is 304 g/mol. The molecule has 0 aliphatic heterocycles. The topological polar surface area (TPSA) is 29.5 Å². The van der Waals surface area contributed by atoms with Crippen LogP contribution in [0.4, 0.5) is 0 Å². The number of ether oxygens (including phenoxy) is 1. The van der Waals surface area contributed by atoms with E-state index >= 15 is 0 Å². The third-order valence-electron chi connectivity index (χ3n) is 4.02. The van der Waals surface area contributed by atoms with Gasteiger partial charge in [-0.05, 0) is 54.9 Å². The average Bonchev–Trinajstić information content (AvgIpc) is 2.26. The Morgan fingerprint density at radius 3 is 2.53 bits per heavy atom. The third-order valence-corrected chi connectivity index (χ3v) is 4.52. The SMILES string of the molecule is COc1ccc(Br)cc1CC1(O)CC(C)CC(C)C1. The molecule has 1 saturated carbocycles. The second-order valence-corrected chi connectivity index (χ2v) is 7.13. The lowest BCUT2D eigenvalue weighted by molar-refractivity contribution is -0.0308. The maximum absolute atomic E-state index is 10.9. The summed E-state index contributed by atoms with van der Waals surface area (Å²) in [5.74, 6) is 2.04. The van der Waals surface area contributed by atoms with Crippen molar-refractivity contribution in [3.8, 4) is 5.75 Å². The molecule has 19 heavy (non-hydrogen) atoms. The van der Waals surface area contributed by atoms with Gasteiger partial charge in [0.1, 0.15) is 5.75 Å². The molecule has 0 amide bonds. The first-order valence-corrected chi connectivity index (χ1v) is 7.76. The number of hydrogen-bond acceptors (Lipinski definition) is 2. The zero-order valence-electron chi connectivity index (χ0n) is 11.9. The van der Waals surface area contributed by atoms with E-state index in [2.05, 4.69) is 35.8 Å². The molecule has 106 valence electrons.